The smallest absolute Gasteiger partial charge is 0.223 e. The zero-order valence-electron chi connectivity index (χ0n) is 15.8. The topological polar surface area (TPSA) is 92.6 Å². The minimum absolute atomic E-state index is 0.455. The van der Waals surface area contributed by atoms with Crippen molar-refractivity contribution in [1.82, 2.24) is 19.5 Å². The Balaban J connectivity index is 1.72. The molecule has 0 aliphatic carbocycles. The van der Waals surface area contributed by atoms with Crippen molar-refractivity contribution < 1.29 is 4.42 Å². The summed E-state index contributed by atoms with van der Waals surface area (Å²) in [5.41, 5.74) is 3.40. The average Bonchev–Trinajstić information content (AvgIpc) is 3.36. The van der Waals surface area contributed by atoms with Gasteiger partial charge in [-0.1, -0.05) is 12.1 Å². The lowest BCUT2D eigenvalue weighted by Gasteiger charge is -2.14. The summed E-state index contributed by atoms with van der Waals surface area (Å²) in [5, 5.41) is 13.1. The number of benzene rings is 1. The maximum Gasteiger partial charge on any atom is 0.223 e. The first-order chi connectivity index (χ1) is 13.7. The molecule has 7 heteroatoms. The summed E-state index contributed by atoms with van der Waals surface area (Å²) >= 11 is 0. The highest BCUT2D eigenvalue weighted by Gasteiger charge is 2.25. The van der Waals surface area contributed by atoms with Crippen molar-refractivity contribution in [2.75, 3.05) is 5.32 Å². The Bertz CT molecular complexity index is 1140. The highest BCUT2D eigenvalue weighted by Crippen LogP contribution is 2.28. The van der Waals surface area contributed by atoms with Crippen LogP contribution in [0.5, 0.6) is 0 Å². The van der Waals surface area contributed by atoms with Crippen LogP contribution in [-0.4, -0.2) is 19.5 Å². The van der Waals surface area contributed by atoms with Crippen molar-refractivity contribution in [3.8, 4) is 6.07 Å². The normalized spacial score (nSPS) is 12.0. The van der Waals surface area contributed by atoms with E-state index >= 15 is 0 Å². The molecule has 0 saturated carbocycles. The predicted molar refractivity (Wildman–Crippen MR) is 106 cm³/mol. The molecule has 3 aromatic heterocycles. The Labute approximate surface area is 162 Å². The monoisotopic (exact) mass is 372 g/mol. The van der Waals surface area contributed by atoms with Gasteiger partial charge in [0, 0.05) is 12.7 Å². The number of fused-ring (bicyclic) bond motifs is 1. The van der Waals surface area contributed by atoms with E-state index in [9.17, 15) is 5.26 Å². The Morgan fingerprint density at radius 2 is 2.07 bits per heavy atom. The largest absolute Gasteiger partial charge is 0.467 e. The van der Waals surface area contributed by atoms with E-state index in [1.165, 1.54) is 0 Å². The van der Waals surface area contributed by atoms with E-state index in [1.54, 1.807) is 12.5 Å². The van der Waals surface area contributed by atoms with Crippen LogP contribution in [0.15, 0.2) is 53.3 Å². The van der Waals surface area contributed by atoms with Gasteiger partial charge in [0.2, 0.25) is 5.95 Å². The van der Waals surface area contributed by atoms with Gasteiger partial charge in [-0.25, -0.2) is 15.0 Å². The third-order valence-electron chi connectivity index (χ3n) is 4.67. The molecule has 28 heavy (non-hydrogen) atoms. The fourth-order valence-corrected chi connectivity index (χ4v) is 3.30. The zero-order valence-corrected chi connectivity index (χ0v) is 15.8. The number of hydrogen-bond acceptors (Lipinski definition) is 6. The highest BCUT2D eigenvalue weighted by molar-refractivity contribution is 5.76. The predicted octanol–water partition coefficient (Wildman–Crippen LogP) is 4.02. The fraction of sp³-hybridized carbons (Fsp3) is 0.238. The third kappa shape index (κ3) is 3.21. The van der Waals surface area contributed by atoms with Gasteiger partial charge in [-0.05, 0) is 43.7 Å². The van der Waals surface area contributed by atoms with Gasteiger partial charge < -0.3 is 14.3 Å². The van der Waals surface area contributed by atoms with Gasteiger partial charge in [0.25, 0.3) is 0 Å². The first kappa shape index (κ1) is 17.7. The Kier molecular flexibility index (Phi) is 4.77. The maximum atomic E-state index is 9.97. The highest BCUT2D eigenvalue weighted by atomic mass is 16.3. The molecule has 4 aromatic rings. The van der Waals surface area contributed by atoms with E-state index in [2.05, 4.69) is 32.8 Å². The van der Waals surface area contributed by atoms with Crippen molar-refractivity contribution in [3.63, 3.8) is 0 Å². The number of furan rings is 1. The number of nitriles is 1. The lowest BCUT2D eigenvalue weighted by atomic mass is 10.0. The Morgan fingerprint density at radius 1 is 1.21 bits per heavy atom. The van der Waals surface area contributed by atoms with Crippen LogP contribution in [0.1, 0.15) is 35.7 Å². The molecule has 0 aliphatic heterocycles. The SMILES string of the molecule is CCn1c(C(C#N)c2nc(NCc3ccco3)ncc2C)nc2ccccc21. The number of aromatic nitrogens is 4. The molecule has 1 atom stereocenters. The number of anilines is 1. The van der Waals surface area contributed by atoms with Crippen LogP contribution in [0, 0.1) is 18.3 Å². The third-order valence-corrected chi connectivity index (χ3v) is 4.67. The first-order valence-electron chi connectivity index (χ1n) is 9.15. The molecule has 0 amide bonds. The molecule has 3 heterocycles. The molecule has 0 radical (unpaired) electrons. The van der Waals surface area contributed by atoms with Crippen molar-refractivity contribution in [2.45, 2.75) is 32.9 Å². The van der Waals surface area contributed by atoms with Gasteiger partial charge in [-0.15, -0.1) is 0 Å². The minimum Gasteiger partial charge on any atom is -0.467 e. The van der Waals surface area contributed by atoms with Crippen molar-refractivity contribution in [2.24, 2.45) is 0 Å². The fourth-order valence-electron chi connectivity index (χ4n) is 3.30. The molecule has 4 rings (SSSR count). The van der Waals surface area contributed by atoms with Crippen molar-refractivity contribution >= 4 is 17.0 Å². The number of imidazole rings is 1. The molecule has 140 valence electrons. The standard InChI is InChI=1S/C21H20N6O/c1-3-27-18-9-5-4-8-17(18)25-20(27)16(11-22)19-14(2)12-23-21(26-19)24-13-15-7-6-10-28-15/h4-10,12,16H,3,13H2,1-2H3,(H,23,24,26). The van der Waals surface area contributed by atoms with Crippen LogP contribution < -0.4 is 5.32 Å². The van der Waals surface area contributed by atoms with E-state index < -0.39 is 5.92 Å². The molecule has 7 nitrogen and oxygen atoms in total. The van der Waals surface area contributed by atoms with Gasteiger partial charge >= 0.3 is 0 Å². The van der Waals surface area contributed by atoms with E-state index in [0.717, 1.165) is 28.9 Å². The molecule has 0 bridgehead atoms. The summed E-state index contributed by atoms with van der Waals surface area (Å²) in [6.07, 6.45) is 3.36. The lowest BCUT2D eigenvalue weighted by molar-refractivity contribution is 0.517. The van der Waals surface area contributed by atoms with Gasteiger partial charge in [-0.3, -0.25) is 0 Å². The summed E-state index contributed by atoms with van der Waals surface area (Å²) in [5.74, 6) is 1.36. The summed E-state index contributed by atoms with van der Waals surface area (Å²) in [7, 11) is 0. The van der Waals surface area contributed by atoms with E-state index in [1.807, 2.05) is 43.3 Å². The second-order valence-electron chi connectivity index (χ2n) is 6.46. The summed E-state index contributed by atoms with van der Waals surface area (Å²) in [4.78, 5) is 13.7. The maximum absolute atomic E-state index is 9.97. The number of nitrogens with zero attached hydrogens (tertiary/aromatic N) is 5. The van der Waals surface area contributed by atoms with Gasteiger partial charge in [0.15, 0.2) is 0 Å². The van der Waals surface area contributed by atoms with Crippen LogP contribution in [0.2, 0.25) is 0 Å². The number of nitrogens with one attached hydrogen (secondary N) is 1. The first-order valence-corrected chi connectivity index (χ1v) is 9.15. The molecule has 1 aromatic carbocycles. The zero-order chi connectivity index (χ0) is 19.5. The number of para-hydroxylation sites is 2. The molecule has 0 saturated heterocycles. The Morgan fingerprint density at radius 3 is 2.82 bits per heavy atom. The van der Waals surface area contributed by atoms with E-state index in [0.29, 0.717) is 24.0 Å². The van der Waals surface area contributed by atoms with Crippen molar-refractivity contribution in [3.05, 3.63) is 71.7 Å². The molecular weight excluding hydrogens is 352 g/mol. The van der Waals surface area contributed by atoms with Crippen LogP contribution in [0.3, 0.4) is 0 Å². The average molecular weight is 372 g/mol. The quantitative estimate of drug-likeness (QED) is 0.550. The summed E-state index contributed by atoms with van der Waals surface area (Å²) in [6, 6.07) is 14.0. The molecular formula is C21H20N6O. The number of aryl methyl sites for hydroxylation is 2. The summed E-state index contributed by atoms with van der Waals surface area (Å²) < 4.78 is 7.40. The molecule has 0 aliphatic rings. The minimum atomic E-state index is -0.584. The molecule has 1 unspecified atom stereocenters. The number of rotatable bonds is 6. The van der Waals surface area contributed by atoms with Crippen LogP contribution in [0.25, 0.3) is 11.0 Å². The van der Waals surface area contributed by atoms with E-state index in [-0.39, 0.29) is 0 Å². The number of hydrogen-bond donors (Lipinski definition) is 1. The van der Waals surface area contributed by atoms with Crippen LogP contribution >= 0.6 is 0 Å². The molecule has 0 fully saturated rings. The van der Waals surface area contributed by atoms with Gasteiger partial charge in [-0.2, -0.15) is 5.26 Å². The van der Waals surface area contributed by atoms with Crippen molar-refractivity contribution in [1.29, 1.82) is 5.26 Å². The lowest BCUT2D eigenvalue weighted by Crippen LogP contribution is -2.13. The molecule has 1 N–H and O–H groups in total. The molecule has 0 spiro atoms. The Hall–Kier alpha value is -3.66. The van der Waals surface area contributed by atoms with Crippen LogP contribution in [0.4, 0.5) is 5.95 Å². The summed E-state index contributed by atoms with van der Waals surface area (Å²) in [6.45, 7) is 5.16. The second kappa shape index (κ2) is 7.53. The van der Waals surface area contributed by atoms with Crippen LogP contribution in [-0.2, 0) is 13.1 Å². The van der Waals surface area contributed by atoms with E-state index in [4.69, 9.17) is 9.40 Å². The van der Waals surface area contributed by atoms with Gasteiger partial charge in [0.1, 0.15) is 17.5 Å². The van der Waals surface area contributed by atoms with Gasteiger partial charge in [0.05, 0.1) is 35.6 Å². The second-order valence-corrected chi connectivity index (χ2v) is 6.46.